The topological polar surface area (TPSA) is 0 Å². The number of hydrogen-bond donors (Lipinski definition) is 0. The largest absolute Gasteiger partial charge is 0.0616 e. The normalized spacial score (nSPS) is 12.2. The molecule has 8 aromatic carbocycles. The lowest BCUT2D eigenvalue weighted by Crippen LogP contribution is -2.13. The summed E-state index contributed by atoms with van der Waals surface area (Å²) in [4.78, 5) is 0. The number of rotatable bonds is 2. The molecule has 8 rings (SSSR count). The Labute approximate surface area is 246 Å². The molecule has 0 N–H and O–H groups in total. The van der Waals surface area contributed by atoms with E-state index in [0.717, 1.165) is 0 Å². The van der Waals surface area contributed by atoms with Gasteiger partial charge in [0.15, 0.2) is 0 Å². The van der Waals surface area contributed by atoms with Gasteiger partial charge in [-0.25, -0.2) is 0 Å². The van der Waals surface area contributed by atoms with Crippen molar-refractivity contribution < 1.29 is 0 Å². The highest BCUT2D eigenvalue weighted by Gasteiger charge is 2.24. The first-order valence-electron chi connectivity index (χ1n) is 14.9. The third kappa shape index (κ3) is 3.76. The van der Waals surface area contributed by atoms with E-state index in [1.807, 2.05) is 0 Å². The summed E-state index contributed by atoms with van der Waals surface area (Å²) in [5, 5.41) is 13.0. The Morgan fingerprint density at radius 2 is 0.881 bits per heavy atom. The third-order valence-corrected chi connectivity index (χ3v) is 8.89. The van der Waals surface area contributed by atoms with E-state index in [-0.39, 0.29) is 5.41 Å². The minimum atomic E-state index is -0.0470. The van der Waals surface area contributed by atoms with Crippen molar-refractivity contribution in [1.29, 1.82) is 0 Å². The first-order valence-corrected chi connectivity index (χ1v) is 14.9. The second kappa shape index (κ2) is 9.29. The summed E-state index contributed by atoms with van der Waals surface area (Å²) in [6.45, 7) is 7.06. The summed E-state index contributed by atoms with van der Waals surface area (Å²) >= 11 is 0. The summed E-state index contributed by atoms with van der Waals surface area (Å²) in [5.41, 5.74) is 6.54. The van der Waals surface area contributed by atoms with E-state index in [0.29, 0.717) is 0 Å². The van der Waals surface area contributed by atoms with Crippen molar-refractivity contribution in [2.45, 2.75) is 26.2 Å². The fourth-order valence-electron chi connectivity index (χ4n) is 7.20. The van der Waals surface area contributed by atoms with Gasteiger partial charge in [0, 0.05) is 0 Å². The molecular weight excluding hydrogens is 504 g/mol. The Hall–Kier alpha value is -4.94. The zero-order valence-corrected chi connectivity index (χ0v) is 24.3. The Morgan fingerprint density at radius 1 is 0.357 bits per heavy atom. The van der Waals surface area contributed by atoms with Crippen LogP contribution >= 0.6 is 0 Å². The molecule has 0 unspecified atom stereocenters. The Kier molecular flexibility index (Phi) is 5.49. The van der Waals surface area contributed by atoms with Crippen LogP contribution in [0.25, 0.3) is 76.1 Å². The van der Waals surface area contributed by atoms with Crippen LogP contribution in [0.3, 0.4) is 0 Å². The van der Waals surface area contributed by atoms with Crippen LogP contribution in [0.15, 0.2) is 140 Å². The number of hydrogen-bond acceptors (Lipinski definition) is 0. The summed E-state index contributed by atoms with van der Waals surface area (Å²) < 4.78 is 0. The predicted molar refractivity (Wildman–Crippen MR) is 184 cm³/mol. The summed E-state index contributed by atoms with van der Waals surface area (Å²) in [5.74, 6) is 0. The maximum absolute atomic E-state index is 2.48. The van der Waals surface area contributed by atoms with E-state index >= 15 is 0 Å². The lowest BCUT2D eigenvalue weighted by Gasteiger charge is -2.27. The first-order chi connectivity index (χ1) is 20.5. The molecule has 0 nitrogen and oxygen atoms in total. The molecule has 0 spiro atoms. The molecule has 0 atom stereocenters. The average Bonchev–Trinajstić information content (AvgIpc) is 3.01. The van der Waals surface area contributed by atoms with Gasteiger partial charge in [0.25, 0.3) is 0 Å². The van der Waals surface area contributed by atoms with E-state index < -0.39 is 0 Å². The summed E-state index contributed by atoms with van der Waals surface area (Å²) in [6, 6.07) is 51.7. The van der Waals surface area contributed by atoms with Gasteiger partial charge in [0.2, 0.25) is 0 Å². The second-order valence-electron chi connectivity index (χ2n) is 12.5. The Bertz CT molecular complexity index is 2270. The monoisotopic (exact) mass is 536 g/mol. The standard InChI is InChI=1S/C42H32/c1-42(2,3)41-37-21-11-10-20-35(37)40(34-22-12-16-27-13-4-7-17-31(27)34)36-24-23-30(26-38(36)41)39-32-18-8-5-14-28(32)25-29-15-6-9-19-33(29)39/h4-26H,1-3H3. The Balaban J connectivity index is 1.56. The van der Waals surface area contributed by atoms with Crippen molar-refractivity contribution in [2.24, 2.45) is 0 Å². The molecule has 0 aliphatic heterocycles. The van der Waals surface area contributed by atoms with Gasteiger partial charge in [-0.05, 0) is 99.2 Å². The summed E-state index contributed by atoms with van der Waals surface area (Å²) in [6.07, 6.45) is 0. The molecule has 0 aliphatic rings. The summed E-state index contributed by atoms with van der Waals surface area (Å²) in [7, 11) is 0. The van der Waals surface area contributed by atoms with E-state index in [1.165, 1.54) is 81.7 Å². The molecule has 0 aromatic heterocycles. The van der Waals surface area contributed by atoms with Crippen LogP contribution in [-0.2, 0) is 5.41 Å². The van der Waals surface area contributed by atoms with Crippen molar-refractivity contribution in [1.82, 2.24) is 0 Å². The van der Waals surface area contributed by atoms with Crippen LogP contribution in [-0.4, -0.2) is 0 Å². The quantitative estimate of drug-likeness (QED) is 0.193. The minimum absolute atomic E-state index is 0.0470. The van der Waals surface area contributed by atoms with Crippen LogP contribution in [0, 0.1) is 0 Å². The van der Waals surface area contributed by atoms with Crippen LogP contribution in [0.4, 0.5) is 0 Å². The average molecular weight is 537 g/mol. The fourth-order valence-corrected chi connectivity index (χ4v) is 7.20. The lowest BCUT2D eigenvalue weighted by atomic mass is 9.77. The molecule has 0 bridgehead atoms. The van der Waals surface area contributed by atoms with Gasteiger partial charge in [-0.15, -0.1) is 0 Å². The van der Waals surface area contributed by atoms with Gasteiger partial charge >= 0.3 is 0 Å². The maximum atomic E-state index is 2.48. The fraction of sp³-hybridized carbons (Fsp3) is 0.0952. The van der Waals surface area contributed by atoms with Crippen LogP contribution in [0.1, 0.15) is 26.3 Å². The van der Waals surface area contributed by atoms with Crippen molar-refractivity contribution in [3.05, 3.63) is 145 Å². The van der Waals surface area contributed by atoms with Crippen molar-refractivity contribution in [3.63, 3.8) is 0 Å². The van der Waals surface area contributed by atoms with E-state index in [9.17, 15) is 0 Å². The van der Waals surface area contributed by atoms with E-state index in [2.05, 4.69) is 160 Å². The Morgan fingerprint density at radius 3 is 1.55 bits per heavy atom. The highest BCUT2D eigenvalue weighted by molar-refractivity contribution is 6.20. The lowest BCUT2D eigenvalue weighted by molar-refractivity contribution is 0.601. The van der Waals surface area contributed by atoms with Gasteiger partial charge in [-0.1, -0.05) is 148 Å². The highest BCUT2D eigenvalue weighted by Crippen LogP contribution is 2.47. The molecule has 0 heterocycles. The molecule has 0 heteroatoms. The van der Waals surface area contributed by atoms with Gasteiger partial charge < -0.3 is 0 Å². The third-order valence-electron chi connectivity index (χ3n) is 8.89. The minimum Gasteiger partial charge on any atom is -0.0616 e. The van der Waals surface area contributed by atoms with Gasteiger partial charge in [-0.2, -0.15) is 0 Å². The molecule has 200 valence electrons. The smallest absolute Gasteiger partial charge is 0.00204 e. The van der Waals surface area contributed by atoms with Crippen molar-refractivity contribution in [3.8, 4) is 22.3 Å². The molecule has 0 fully saturated rings. The van der Waals surface area contributed by atoms with Crippen molar-refractivity contribution >= 4 is 53.9 Å². The number of benzene rings is 8. The number of fused-ring (bicyclic) bond motifs is 5. The molecule has 0 saturated carbocycles. The zero-order valence-electron chi connectivity index (χ0n) is 24.3. The van der Waals surface area contributed by atoms with Gasteiger partial charge in [-0.3, -0.25) is 0 Å². The SMILES string of the molecule is CC(C)(C)c1c2ccccc2c(-c2cccc3ccccc23)c2ccc(-c3c4ccccc4cc4ccccc34)cc12. The molecule has 42 heavy (non-hydrogen) atoms. The highest BCUT2D eigenvalue weighted by atomic mass is 14.3. The maximum Gasteiger partial charge on any atom is -0.00204 e. The molecule has 0 radical (unpaired) electrons. The first kappa shape index (κ1) is 24.8. The molecule has 0 amide bonds. The zero-order chi connectivity index (χ0) is 28.4. The predicted octanol–water partition coefficient (Wildman–Crippen LogP) is 12.1. The van der Waals surface area contributed by atoms with Crippen LogP contribution in [0.5, 0.6) is 0 Å². The van der Waals surface area contributed by atoms with E-state index in [1.54, 1.807) is 0 Å². The van der Waals surface area contributed by atoms with Crippen molar-refractivity contribution in [2.75, 3.05) is 0 Å². The molecule has 0 saturated heterocycles. The van der Waals surface area contributed by atoms with Crippen LogP contribution in [0.2, 0.25) is 0 Å². The van der Waals surface area contributed by atoms with E-state index in [4.69, 9.17) is 0 Å². The molecule has 8 aromatic rings. The van der Waals surface area contributed by atoms with Gasteiger partial charge in [0.05, 0.1) is 0 Å². The van der Waals surface area contributed by atoms with Gasteiger partial charge in [0.1, 0.15) is 0 Å². The second-order valence-corrected chi connectivity index (χ2v) is 12.5. The van der Waals surface area contributed by atoms with Crippen LogP contribution < -0.4 is 0 Å². The molecular formula is C42H32. The molecule has 0 aliphatic carbocycles.